The molecule has 0 saturated heterocycles. The Kier molecular flexibility index (Phi) is 8.89. The lowest BCUT2D eigenvalue weighted by Crippen LogP contribution is -2.58. The minimum Gasteiger partial charge on any atom is -0.384 e. The first-order valence-corrected chi connectivity index (χ1v) is 17.6. The van der Waals surface area contributed by atoms with Crippen LogP contribution in [-0.2, 0) is 0 Å². The molecule has 0 spiro atoms. The van der Waals surface area contributed by atoms with E-state index in [1.54, 1.807) is 0 Å². The molecule has 242 valence electrons. The number of nitrogens with zero attached hydrogens (tertiary/aromatic N) is 2. The highest BCUT2D eigenvalue weighted by atomic mass is 15.3. The summed E-state index contributed by atoms with van der Waals surface area (Å²) >= 11 is 0. The number of fused-ring (bicyclic) bond motifs is 1. The zero-order chi connectivity index (χ0) is 32.1. The Labute approximate surface area is 284 Å². The summed E-state index contributed by atoms with van der Waals surface area (Å²) in [5.74, 6) is 1.69. The van der Waals surface area contributed by atoms with Gasteiger partial charge in [0.1, 0.15) is 12.0 Å². The maximum Gasteiger partial charge on any atom is 0.131 e. The van der Waals surface area contributed by atoms with E-state index in [0.717, 1.165) is 68.7 Å². The van der Waals surface area contributed by atoms with Crippen molar-refractivity contribution in [1.82, 2.24) is 26.3 Å². The van der Waals surface area contributed by atoms with Crippen LogP contribution in [0.3, 0.4) is 0 Å². The summed E-state index contributed by atoms with van der Waals surface area (Å²) in [4.78, 5) is 10.2. The number of amidine groups is 1. The molecule has 1 aromatic heterocycles. The van der Waals surface area contributed by atoms with Crippen molar-refractivity contribution in [1.29, 1.82) is 0 Å². The number of aliphatic imine (C=N–C) groups is 1. The first-order chi connectivity index (χ1) is 23.8. The van der Waals surface area contributed by atoms with Crippen molar-refractivity contribution in [3.05, 3.63) is 161 Å². The zero-order valence-corrected chi connectivity index (χ0v) is 27.4. The third kappa shape index (κ3) is 6.58. The van der Waals surface area contributed by atoms with Gasteiger partial charge in [0, 0.05) is 59.2 Å². The SMILES string of the molecule is C1=CCCC(C2N=C(C3=CCC/C=C(\C4=CC=CCN4)C=C3)NC(C3C=CC(c4ccc(C5=C6NCC=CC6CC=C5)cn4)=CC3)N2)=C1. The molecule has 4 unspecified atom stereocenters. The highest BCUT2D eigenvalue weighted by Gasteiger charge is 2.31. The van der Waals surface area contributed by atoms with Gasteiger partial charge in [-0.15, -0.1) is 0 Å². The van der Waals surface area contributed by atoms with E-state index in [1.165, 1.54) is 39.2 Å². The van der Waals surface area contributed by atoms with Crippen LogP contribution < -0.4 is 21.3 Å². The molecule has 0 aromatic carbocycles. The molecule has 4 N–H and O–H groups in total. The highest BCUT2D eigenvalue weighted by molar-refractivity contribution is 6.01. The second-order valence-electron chi connectivity index (χ2n) is 13.2. The largest absolute Gasteiger partial charge is 0.384 e. The number of rotatable bonds is 6. The van der Waals surface area contributed by atoms with Crippen molar-refractivity contribution in [2.45, 2.75) is 50.9 Å². The number of nitrogens with one attached hydrogen (secondary N) is 4. The maximum absolute atomic E-state index is 5.26. The monoisotopic (exact) mass is 632 g/mol. The first-order valence-electron chi connectivity index (χ1n) is 17.6. The Morgan fingerprint density at radius 1 is 0.729 bits per heavy atom. The van der Waals surface area contributed by atoms with Crippen LogP contribution in [0.5, 0.6) is 0 Å². The van der Waals surface area contributed by atoms with Gasteiger partial charge in [-0.05, 0) is 67.4 Å². The van der Waals surface area contributed by atoms with E-state index in [4.69, 9.17) is 9.98 Å². The van der Waals surface area contributed by atoms with Crippen LogP contribution in [0.15, 0.2) is 155 Å². The predicted octanol–water partition coefficient (Wildman–Crippen LogP) is 7.25. The number of pyridine rings is 1. The maximum atomic E-state index is 5.26. The normalized spacial score (nSPS) is 29.0. The molecule has 0 amide bonds. The fraction of sp³-hybridized carbons (Fsp3) is 0.286. The topological polar surface area (TPSA) is 73.4 Å². The molecule has 6 heteroatoms. The van der Waals surface area contributed by atoms with Crippen molar-refractivity contribution in [3.8, 4) is 0 Å². The second-order valence-corrected chi connectivity index (χ2v) is 13.2. The lowest BCUT2D eigenvalue weighted by atomic mass is 9.87. The van der Waals surface area contributed by atoms with Gasteiger partial charge in [0.25, 0.3) is 0 Å². The molecule has 7 aliphatic rings. The van der Waals surface area contributed by atoms with E-state index in [2.05, 4.69) is 137 Å². The van der Waals surface area contributed by atoms with E-state index >= 15 is 0 Å². The standard InChI is InChI=1S/C42H44N6/c1-2-11-32(12-3-1)40-46-41(33-13-5-4-10-29(18-21-33)37-17-6-7-26-43-37)48-42(47-40)34-22-19-30(20-23-34)38-25-24-35(28-45-38)36-16-8-14-31-15-9-27-44-39(31)36/h1-2,6-11,13,15-22,24-25,28,31,34,40,42-44,47H,3-5,12,14,23,26-27H2,(H,46,48)/b21-18?,29-10-,33-13?. The average molecular weight is 633 g/mol. The van der Waals surface area contributed by atoms with E-state index in [-0.39, 0.29) is 18.2 Å². The Morgan fingerprint density at radius 2 is 1.62 bits per heavy atom. The van der Waals surface area contributed by atoms with E-state index in [9.17, 15) is 0 Å². The van der Waals surface area contributed by atoms with Crippen LogP contribution in [0.1, 0.15) is 49.8 Å². The number of aromatic nitrogens is 1. The number of hydrogen-bond donors (Lipinski definition) is 4. The zero-order valence-electron chi connectivity index (χ0n) is 27.4. The molecule has 0 saturated carbocycles. The van der Waals surface area contributed by atoms with Crippen LogP contribution in [0.25, 0.3) is 11.1 Å². The molecular weight excluding hydrogens is 589 g/mol. The van der Waals surface area contributed by atoms with Crippen LogP contribution >= 0.6 is 0 Å². The van der Waals surface area contributed by atoms with Crippen LogP contribution in [0.2, 0.25) is 0 Å². The van der Waals surface area contributed by atoms with E-state index < -0.39 is 0 Å². The second kappa shape index (κ2) is 14.0. The number of hydrogen-bond acceptors (Lipinski definition) is 6. The minimum absolute atomic E-state index is 0.0512. The molecule has 0 radical (unpaired) electrons. The van der Waals surface area contributed by atoms with Crippen molar-refractivity contribution in [2.24, 2.45) is 16.8 Å². The summed E-state index contributed by atoms with van der Waals surface area (Å²) < 4.78 is 0. The molecule has 0 bridgehead atoms. The van der Waals surface area contributed by atoms with Crippen molar-refractivity contribution < 1.29 is 0 Å². The van der Waals surface area contributed by atoms with Crippen molar-refractivity contribution in [2.75, 3.05) is 13.1 Å². The first kappa shape index (κ1) is 30.4. The van der Waals surface area contributed by atoms with Gasteiger partial charge in [-0.25, -0.2) is 4.99 Å². The summed E-state index contributed by atoms with van der Waals surface area (Å²) in [6.45, 7) is 1.76. The van der Waals surface area contributed by atoms with Crippen LogP contribution in [0.4, 0.5) is 0 Å². The molecular formula is C42H44N6. The van der Waals surface area contributed by atoms with Gasteiger partial charge in [0.2, 0.25) is 0 Å². The van der Waals surface area contributed by atoms with Gasteiger partial charge >= 0.3 is 0 Å². The predicted molar refractivity (Wildman–Crippen MR) is 198 cm³/mol. The molecule has 1 aromatic rings. The Balaban J connectivity index is 0.995. The summed E-state index contributed by atoms with van der Waals surface area (Å²) in [6.07, 6.45) is 46.3. The average Bonchev–Trinajstić information content (AvgIpc) is 3.15. The lowest BCUT2D eigenvalue weighted by molar-refractivity contribution is 0.340. The van der Waals surface area contributed by atoms with E-state index in [0.29, 0.717) is 5.92 Å². The summed E-state index contributed by atoms with van der Waals surface area (Å²) in [5.41, 5.74) is 10.9. The fourth-order valence-corrected chi connectivity index (χ4v) is 7.41. The summed E-state index contributed by atoms with van der Waals surface area (Å²) in [5, 5.41) is 14.8. The molecule has 8 rings (SSSR count). The molecule has 48 heavy (non-hydrogen) atoms. The third-order valence-corrected chi connectivity index (χ3v) is 10.1. The summed E-state index contributed by atoms with van der Waals surface area (Å²) in [7, 11) is 0. The van der Waals surface area contributed by atoms with Gasteiger partial charge < -0.3 is 16.0 Å². The van der Waals surface area contributed by atoms with Gasteiger partial charge in [0.05, 0.1) is 11.9 Å². The van der Waals surface area contributed by atoms with Crippen molar-refractivity contribution in [3.63, 3.8) is 0 Å². The molecule has 3 aliphatic heterocycles. The summed E-state index contributed by atoms with van der Waals surface area (Å²) in [6, 6.07) is 4.39. The Hall–Kier alpha value is -4.94. The quantitative estimate of drug-likeness (QED) is 0.249. The minimum atomic E-state index is -0.0512. The van der Waals surface area contributed by atoms with Crippen molar-refractivity contribution >= 4 is 17.0 Å². The van der Waals surface area contributed by atoms with Gasteiger partial charge in [-0.1, -0.05) is 103 Å². The van der Waals surface area contributed by atoms with Gasteiger partial charge in [-0.3, -0.25) is 10.3 Å². The van der Waals surface area contributed by atoms with Gasteiger partial charge in [0.15, 0.2) is 0 Å². The fourth-order valence-electron chi connectivity index (χ4n) is 7.41. The molecule has 4 heterocycles. The number of dihydropyridines is 1. The highest BCUT2D eigenvalue weighted by Crippen LogP contribution is 2.33. The third-order valence-electron chi connectivity index (χ3n) is 10.1. The Morgan fingerprint density at radius 3 is 2.44 bits per heavy atom. The van der Waals surface area contributed by atoms with Gasteiger partial charge in [-0.2, -0.15) is 0 Å². The van der Waals surface area contributed by atoms with Crippen LogP contribution in [0, 0.1) is 11.8 Å². The molecule has 6 nitrogen and oxygen atoms in total. The molecule has 0 fully saturated rings. The number of allylic oxidation sites excluding steroid dienone is 15. The Bertz CT molecular complexity index is 1830. The molecule has 4 aliphatic carbocycles. The van der Waals surface area contributed by atoms with E-state index in [1.807, 2.05) is 6.20 Å². The molecule has 4 atom stereocenters. The van der Waals surface area contributed by atoms with Crippen LogP contribution in [-0.4, -0.2) is 36.2 Å². The lowest BCUT2D eigenvalue weighted by Gasteiger charge is -2.37. The smallest absolute Gasteiger partial charge is 0.131 e.